The number of nitrogens with zero attached hydrogens (tertiary/aromatic N) is 3. The second-order valence-corrected chi connectivity index (χ2v) is 7.73. The summed E-state index contributed by atoms with van der Waals surface area (Å²) in [7, 11) is 0. The molecule has 0 saturated carbocycles. The molecule has 4 rings (SSSR count). The number of aromatic nitrogens is 1. The molecule has 2 aromatic rings. The van der Waals surface area contributed by atoms with E-state index >= 15 is 0 Å². The van der Waals surface area contributed by atoms with Gasteiger partial charge in [-0.1, -0.05) is 22.9 Å². The number of pyridine rings is 1. The minimum absolute atomic E-state index is 0.00744. The molecule has 29 heavy (non-hydrogen) atoms. The zero-order valence-corrected chi connectivity index (χ0v) is 16.4. The lowest BCUT2D eigenvalue weighted by Gasteiger charge is -2.38. The Balaban J connectivity index is 1.37. The number of piperidine rings is 1. The van der Waals surface area contributed by atoms with Gasteiger partial charge in [-0.15, -0.1) is 0 Å². The van der Waals surface area contributed by atoms with Gasteiger partial charge in [-0.25, -0.2) is 0 Å². The van der Waals surface area contributed by atoms with E-state index in [1.54, 1.807) is 12.4 Å². The number of nitrogens with one attached hydrogen (secondary N) is 1. The Kier molecular flexibility index (Phi) is 5.29. The minimum Gasteiger partial charge on any atom is -0.386 e. The van der Waals surface area contributed by atoms with Gasteiger partial charge in [-0.05, 0) is 49.6 Å². The summed E-state index contributed by atoms with van der Waals surface area (Å²) in [4.78, 5) is 36.9. The van der Waals surface area contributed by atoms with E-state index < -0.39 is 5.60 Å². The molecule has 1 spiro atoms. The Morgan fingerprint density at radius 3 is 2.86 bits per heavy atom. The van der Waals surface area contributed by atoms with Crippen LogP contribution in [0.3, 0.4) is 0 Å². The van der Waals surface area contributed by atoms with Crippen molar-refractivity contribution in [2.45, 2.75) is 38.3 Å². The third-order valence-electron chi connectivity index (χ3n) is 5.40. The molecule has 1 atom stereocenters. The van der Waals surface area contributed by atoms with Crippen molar-refractivity contribution in [3.63, 3.8) is 0 Å². The number of aryl methyl sites for hydroxylation is 1. The standard InChI is InChI=1S/C22H24N4O3/c1-16-4-2-5-18(12-16)21(28)26-11-3-8-22(15-26)13-19(25-29-22)20(27)24-14-17-6-9-23-10-7-17/h2,4-7,9-10,12H,3,8,11,13-15H2,1H3,(H,24,27). The largest absolute Gasteiger partial charge is 0.386 e. The van der Waals surface area contributed by atoms with Crippen molar-refractivity contribution in [3.05, 3.63) is 65.5 Å². The summed E-state index contributed by atoms with van der Waals surface area (Å²) in [5.74, 6) is -0.243. The number of amides is 2. The molecular formula is C22H24N4O3. The average Bonchev–Trinajstić information content (AvgIpc) is 3.15. The van der Waals surface area contributed by atoms with Gasteiger partial charge in [0.15, 0.2) is 5.60 Å². The van der Waals surface area contributed by atoms with Crippen LogP contribution < -0.4 is 5.32 Å². The monoisotopic (exact) mass is 392 g/mol. The van der Waals surface area contributed by atoms with E-state index in [9.17, 15) is 9.59 Å². The van der Waals surface area contributed by atoms with E-state index in [2.05, 4.69) is 15.5 Å². The van der Waals surface area contributed by atoms with E-state index in [1.807, 2.05) is 48.2 Å². The predicted octanol–water partition coefficient (Wildman–Crippen LogP) is 2.46. The van der Waals surface area contributed by atoms with Crippen LogP contribution in [0.1, 0.15) is 40.7 Å². The maximum absolute atomic E-state index is 12.9. The molecule has 2 aliphatic rings. The smallest absolute Gasteiger partial charge is 0.269 e. The third kappa shape index (κ3) is 4.29. The van der Waals surface area contributed by atoms with Crippen LogP contribution in [0, 0.1) is 6.92 Å². The second kappa shape index (κ2) is 8.03. The van der Waals surface area contributed by atoms with E-state index in [4.69, 9.17) is 4.84 Å². The minimum atomic E-state index is -0.610. The Morgan fingerprint density at radius 1 is 1.24 bits per heavy atom. The number of carbonyl (C=O) groups excluding carboxylic acids is 2. The van der Waals surface area contributed by atoms with Crippen LogP contribution in [-0.4, -0.2) is 46.1 Å². The number of carbonyl (C=O) groups is 2. The van der Waals surface area contributed by atoms with Gasteiger partial charge < -0.3 is 15.1 Å². The lowest BCUT2D eigenvalue weighted by molar-refractivity contribution is -0.115. The van der Waals surface area contributed by atoms with Crippen LogP contribution in [0.2, 0.25) is 0 Å². The zero-order valence-electron chi connectivity index (χ0n) is 16.4. The van der Waals surface area contributed by atoms with Crippen molar-refractivity contribution in [3.8, 4) is 0 Å². The summed E-state index contributed by atoms with van der Waals surface area (Å²) in [5, 5.41) is 6.93. The highest BCUT2D eigenvalue weighted by atomic mass is 16.7. The van der Waals surface area contributed by atoms with Crippen molar-refractivity contribution >= 4 is 17.5 Å². The van der Waals surface area contributed by atoms with Gasteiger partial charge in [0.2, 0.25) is 0 Å². The first-order chi connectivity index (χ1) is 14.0. The van der Waals surface area contributed by atoms with Crippen LogP contribution in [-0.2, 0) is 16.2 Å². The van der Waals surface area contributed by atoms with E-state index in [0.717, 1.165) is 24.0 Å². The van der Waals surface area contributed by atoms with Gasteiger partial charge >= 0.3 is 0 Å². The normalized spacial score (nSPS) is 20.9. The number of likely N-dealkylation sites (tertiary alicyclic amines) is 1. The molecule has 1 N–H and O–H groups in total. The number of rotatable bonds is 4. The molecule has 1 aromatic heterocycles. The Bertz CT molecular complexity index is 944. The quantitative estimate of drug-likeness (QED) is 0.866. The van der Waals surface area contributed by atoms with Gasteiger partial charge in [-0.2, -0.15) is 0 Å². The molecule has 3 heterocycles. The van der Waals surface area contributed by atoms with Gasteiger partial charge in [0.05, 0.1) is 6.54 Å². The fourth-order valence-electron chi connectivity index (χ4n) is 3.88. The maximum atomic E-state index is 12.9. The third-order valence-corrected chi connectivity index (χ3v) is 5.40. The Labute approximate surface area is 169 Å². The maximum Gasteiger partial charge on any atom is 0.269 e. The molecule has 0 bridgehead atoms. The van der Waals surface area contributed by atoms with Crippen LogP contribution in [0.4, 0.5) is 0 Å². The lowest BCUT2D eigenvalue weighted by Crippen LogP contribution is -2.51. The molecule has 2 aliphatic heterocycles. The predicted molar refractivity (Wildman–Crippen MR) is 108 cm³/mol. The highest BCUT2D eigenvalue weighted by Crippen LogP contribution is 2.34. The SMILES string of the molecule is Cc1cccc(C(=O)N2CCCC3(CC(C(=O)NCc4ccncc4)=NO3)C2)c1. The molecule has 1 unspecified atom stereocenters. The Hall–Kier alpha value is -3.22. The van der Waals surface area contributed by atoms with Crippen molar-refractivity contribution in [1.29, 1.82) is 0 Å². The molecule has 1 fully saturated rings. The summed E-state index contributed by atoms with van der Waals surface area (Å²) < 4.78 is 0. The van der Waals surface area contributed by atoms with E-state index in [1.165, 1.54) is 0 Å². The van der Waals surface area contributed by atoms with Crippen molar-refractivity contribution < 1.29 is 14.4 Å². The summed E-state index contributed by atoms with van der Waals surface area (Å²) in [6, 6.07) is 11.3. The Morgan fingerprint density at radius 2 is 2.07 bits per heavy atom. The number of benzene rings is 1. The van der Waals surface area contributed by atoms with Gasteiger partial charge in [-0.3, -0.25) is 14.6 Å². The van der Waals surface area contributed by atoms with Crippen molar-refractivity contribution in [1.82, 2.24) is 15.2 Å². The van der Waals surface area contributed by atoms with E-state index in [-0.39, 0.29) is 11.8 Å². The van der Waals surface area contributed by atoms with E-state index in [0.29, 0.717) is 37.3 Å². The average molecular weight is 392 g/mol. The van der Waals surface area contributed by atoms with Gasteiger partial charge in [0.25, 0.3) is 11.8 Å². The fourth-order valence-corrected chi connectivity index (χ4v) is 3.88. The van der Waals surface area contributed by atoms with Crippen LogP contribution in [0.25, 0.3) is 0 Å². The molecular weight excluding hydrogens is 368 g/mol. The first-order valence-corrected chi connectivity index (χ1v) is 9.83. The fraction of sp³-hybridized carbons (Fsp3) is 0.364. The van der Waals surface area contributed by atoms with Crippen molar-refractivity contribution in [2.75, 3.05) is 13.1 Å². The van der Waals surface area contributed by atoms with Gasteiger partial charge in [0.1, 0.15) is 5.71 Å². The number of oxime groups is 1. The zero-order chi connectivity index (χ0) is 20.3. The number of hydrogen-bond acceptors (Lipinski definition) is 5. The molecule has 0 aliphatic carbocycles. The van der Waals surface area contributed by atoms with Crippen LogP contribution in [0.5, 0.6) is 0 Å². The molecule has 2 amide bonds. The second-order valence-electron chi connectivity index (χ2n) is 7.73. The molecule has 1 aromatic carbocycles. The molecule has 7 heteroatoms. The summed E-state index contributed by atoms with van der Waals surface area (Å²) >= 11 is 0. The van der Waals surface area contributed by atoms with Gasteiger partial charge in [0, 0.05) is 37.5 Å². The summed E-state index contributed by atoms with van der Waals surface area (Å²) in [5.41, 5.74) is 2.47. The van der Waals surface area contributed by atoms with Crippen molar-refractivity contribution in [2.24, 2.45) is 5.16 Å². The highest BCUT2D eigenvalue weighted by molar-refractivity contribution is 6.39. The summed E-state index contributed by atoms with van der Waals surface area (Å²) in [6.45, 7) is 3.50. The first kappa shape index (κ1) is 19.1. The highest BCUT2D eigenvalue weighted by Gasteiger charge is 2.45. The van der Waals surface area contributed by atoms with Crippen LogP contribution in [0.15, 0.2) is 53.9 Å². The first-order valence-electron chi connectivity index (χ1n) is 9.83. The summed E-state index contributed by atoms with van der Waals surface area (Å²) in [6.07, 6.45) is 5.38. The molecule has 1 saturated heterocycles. The molecule has 150 valence electrons. The lowest BCUT2D eigenvalue weighted by atomic mass is 9.87. The molecule has 0 radical (unpaired) electrons. The van der Waals surface area contributed by atoms with Crippen LogP contribution >= 0.6 is 0 Å². The topological polar surface area (TPSA) is 83.9 Å². The number of hydrogen-bond donors (Lipinski definition) is 1. The molecule has 7 nitrogen and oxygen atoms in total.